The summed E-state index contributed by atoms with van der Waals surface area (Å²) in [6, 6.07) is 0. The summed E-state index contributed by atoms with van der Waals surface area (Å²) >= 11 is 0. The fourth-order valence-electron chi connectivity index (χ4n) is 2.70. The van der Waals surface area contributed by atoms with Crippen LogP contribution in [0.25, 0.3) is 0 Å². The molecule has 1 aliphatic rings. The lowest BCUT2D eigenvalue weighted by atomic mass is 10.0. The van der Waals surface area contributed by atoms with Crippen molar-refractivity contribution in [2.75, 3.05) is 40.4 Å². The minimum Gasteiger partial charge on any atom is -0.369 e. The molecule has 0 aliphatic carbocycles. The molecule has 2 heterocycles. The van der Waals surface area contributed by atoms with E-state index in [1.165, 1.54) is 11.2 Å². The molecule has 7 nitrogen and oxygen atoms in total. The van der Waals surface area contributed by atoms with E-state index in [1.54, 1.807) is 14.1 Å². The molecule has 0 spiro atoms. The van der Waals surface area contributed by atoms with Gasteiger partial charge in [0, 0.05) is 51.7 Å². The topological polar surface area (TPSA) is 67.8 Å². The zero-order chi connectivity index (χ0) is 16.9. The van der Waals surface area contributed by atoms with Crippen molar-refractivity contribution in [1.82, 2.24) is 19.8 Å². The number of hydrogen-bond acceptors (Lipinski definition) is 6. The molecule has 1 amide bonds. The molecule has 1 aliphatic heterocycles. The summed E-state index contributed by atoms with van der Waals surface area (Å²) in [7, 11) is 3.44. The van der Waals surface area contributed by atoms with Crippen LogP contribution in [0.2, 0.25) is 0 Å². The Labute approximate surface area is 137 Å². The minimum absolute atomic E-state index is 0.0432. The molecule has 1 aromatic rings. The molecule has 1 fully saturated rings. The number of carbonyl (C=O) groups is 1. The molecular weight excluding hydrogens is 296 g/mol. The molecule has 0 N–H and O–H groups in total. The van der Waals surface area contributed by atoms with Crippen LogP contribution in [-0.2, 0) is 20.8 Å². The van der Waals surface area contributed by atoms with Gasteiger partial charge in [-0.2, -0.15) is 0 Å². The summed E-state index contributed by atoms with van der Waals surface area (Å²) in [6.45, 7) is 6.99. The largest absolute Gasteiger partial charge is 0.369 e. The highest BCUT2D eigenvalue weighted by Gasteiger charge is 2.33. The van der Waals surface area contributed by atoms with Crippen LogP contribution >= 0.6 is 0 Å². The predicted molar refractivity (Wildman–Crippen MR) is 85.8 cm³/mol. The summed E-state index contributed by atoms with van der Waals surface area (Å²) in [5, 5.41) is 0. The SMILES string of the molecule is CN(C)C(=O)COC[C@H]1CN(Cc2cncnc2)CC(C)(C)O1. The van der Waals surface area contributed by atoms with Crippen molar-refractivity contribution in [3.05, 3.63) is 24.3 Å². The number of carbonyl (C=O) groups excluding carboxylic acids is 1. The number of aromatic nitrogens is 2. The van der Waals surface area contributed by atoms with Crippen molar-refractivity contribution in [2.24, 2.45) is 0 Å². The van der Waals surface area contributed by atoms with Gasteiger partial charge < -0.3 is 14.4 Å². The smallest absolute Gasteiger partial charge is 0.248 e. The highest BCUT2D eigenvalue weighted by atomic mass is 16.5. The molecule has 7 heteroatoms. The molecule has 128 valence electrons. The number of amides is 1. The fourth-order valence-corrected chi connectivity index (χ4v) is 2.70. The molecule has 0 radical (unpaired) electrons. The Morgan fingerprint density at radius 2 is 2.13 bits per heavy atom. The Hall–Kier alpha value is -1.57. The van der Waals surface area contributed by atoms with Gasteiger partial charge in [0.25, 0.3) is 0 Å². The lowest BCUT2D eigenvalue weighted by molar-refractivity contribution is -0.161. The third kappa shape index (κ3) is 5.85. The van der Waals surface area contributed by atoms with Gasteiger partial charge in [-0.15, -0.1) is 0 Å². The van der Waals surface area contributed by atoms with E-state index in [0.29, 0.717) is 6.61 Å². The molecular formula is C16H26N4O3. The van der Waals surface area contributed by atoms with Gasteiger partial charge in [-0.1, -0.05) is 0 Å². The average molecular weight is 322 g/mol. The van der Waals surface area contributed by atoms with Gasteiger partial charge in [0.2, 0.25) is 5.91 Å². The van der Waals surface area contributed by atoms with Crippen LogP contribution < -0.4 is 0 Å². The van der Waals surface area contributed by atoms with Crippen molar-refractivity contribution in [2.45, 2.75) is 32.1 Å². The van der Waals surface area contributed by atoms with Gasteiger partial charge in [0.1, 0.15) is 12.9 Å². The third-order valence-corrected chi connectivity index (χ3v) is 3.60. The van der Waals surface area contributed by atoms with Crippen molar-refractivity contribution in [3.8, 4) is 0 Å². The van der Waals surface area contributed by atoms with Gasteiger partial charge in [-0.25, -0.2) is 9.97 Å². The lowest BCUT2D eigenvalue weighted by Gasteiger charge is -2.42. The van der Waals surface area contributed by atoms with Crippen molar-refractivity contribution < 1.29 is 14.3 Å². The van der Waals surface area contributed by atoms with Crippen molar-refractivity contribution in [1.29, 1.82) is 0 Å². The van der Waals surface area contributed by atoms with Gasteiger partial charge >= 0.3 is 0 Å². The lowest BCUT2D eigenvalue weighted by Crippen LogP contribution is -2.53. The van der Waals surface area contributed by atoms with E-state index >= 15 is 0 Å². The summed E-state index contributed by atoms with van der Waals surface area (Å²) in [5.74, 6) is -0.0432. The second-order valence-corrected chi connectivity index (χ2v) is 6.72. The van der Waals surface area contributed by atoms with E-state index < -0.39 is 0 Å². The molecule has 0 saturated carbocycles. The molecule has 0 unspecified atom stereocenters. The van der Waals surface area contributed by atoms with Crippen LogP contribution in [0.3, 0.4) is 0 Å². The zero-order valence-electron chi connectivity index (χ0n) is 14.4. The zero-order valence-corrected chi connectivity index (χ0v) is 14.4. The summed E-state index contributed by atoms with van der Waals surface area (Å²) in [4.78, 5) is 23.5. The molecule has 2 rings (SSSR count). The van der Waals surface area contributed by atoms with Crippen LogP contribution in [0.4, 0.5) is 0 Å². The standard InChI is InChI=1S/C16H26N4O3/c1-16(2)11-20(7-13-5-17-12-18-6-13)8-14(23-16)9-22-10-15(21)19(3)4/h5-6,12,14H,7-11H2,1-4H3/t14-/m1/s1. The first-order valence-corrected chi connectivity index (χ1v) is 7.78. The summed E-state index contributed by atoms with van der Waals surface area (Å²) in [6.07, 6.45) is 5.14. The Bertz CT molecular complexity index is 507. The number of nitrogens with zero attached hydrogens (tertiary/aromatic N) is 4. The average Bonchev–Trinajstić information content (AvgIpc) is 2.46. The van der Waals surface area contributed by atoms with Crippen molar-refractivity contribution in [3.63, 3.8) is 0 Å². The van der Waals surface area contributed by atoms with Crippen LogP contribution in [-0.4, -0.2) is 77.8 Å². The maximum absolute atomic E-state index is 11.6. The van der Waals surface area contributed by atoms with Gasteiger partial charge in [0.05, 0.1) is 18.3 Å². The number of rotatable bonds is 6. The first-order valence-electron chi connectivity index (χ1n) is 7.78. The minimum atomic E-state index is -0.256. The molecule has 1 saturated heterocycles. The third-order valence-electron chi connectivity index (χ3n) is 3.60. The monoisotopic (exact) mass is 322 g/mol. The van der Waals surface area contributed by atoms with E-state index in [9.17, 15) is 4.79 Å². The predicted octanol–water partition coefficient (Wildman–Crippen LogP) is 0.561. The number of likely N-dealkylation sites (N-methyl/N-ethyl adjacent to an activating group) is 1. The number of hydrogen-bond donors (Lipinski definition) is 0. The molecule has 1 aromatic heterocycles. The Morgan fingerprint density at radius 3 is 2.78 bits per heavy atom. The second kappa shape index (κ2) is 7.81. The Morgan fingerprint density at radius 1 is 1.43 bits per heavy atom. The summed E-state index contributed by atoms with van der Waals surface area (Å²) in [5.41, 5.74) is 0.820. The van der Waals surface area contributed by atoms with Gasteiger partial charge in [-0.05, 0) is 13.8 Å². The molecule has 23 heavy (non-hydrogen) atoms. The van der Waals surface area contributed by atoms with Crippen molar-refractivity contribution >= 4 is 5.91 Å². The summed E-state index contributed by atoms with van der Waals surface area (Å²) < 4.78 is 11.6. The van der Waals surface area contributed by atoms with Crippen LogP contribution in [0.1, 0.15) is 19.4 Å². The fraction of sp³-hybridized carbons (Fsp3) is 0.688. The van der Waals surface area contributed by atoms with E-state index in [0.717, 1.165) is 25.2 Å². The maximum Gasteiger partial charge on any atom is 0.248 e. The van der Waals surface area contributed by atoms with Gasteiger partial charge in [-0.3, -0.25) is 9.69 Å². The van der Waals surface area contributed by atoms with E-state index in [2.05, 4.69) is 28.7 Å². The van der Waals surface area contributed by atoms with E-state index in [4.69, 9.17) is 9.47 Å². The van der Waals surface area contributed by atoms with Crippen LogP contribution in [0.15, 0.2) is 18.7 Å². The first-order chi connectivity index (χ1) is 10.9. The Balaban J connectivity index is 1.87. The first kappa shape index (κ1) is 17.8. The van der Waals surface area contributed by atoms with E-state index in [-0.39, 0.29) is 24.2 Å². The second-order valence-electron chi connectivity index (χ2n) is 6.72. The quantitative estimate of drug-likeness (QED) is 0.762. The highest BCUT2D eigenvalue weighted by molar-refractivity contribution is 5.76. The highest BCUT2D eigenvalue weighted by Crippen LogP contribution is 2.22. The Kier molecular flexibility index (Phi) is 6.04. The van der Waals surface area contributed by atoms with Crippen LogP contribution in [0, 0.1) is 0 Å². The van der Waals surface area contributed by atoms with E-state index in [1.807, 2.05) is 12.4 Å². The normalized spacial score (nSPS) is 21.1. The molecule has 0 aromatic carbocycles. The number of morpholine rings is 1. The van der Waals surface area contributed by atoms with Crippen LogP contribution in [0.5, 0.6) is 0 Å². The molecule has 1 atom stereocenters. The van der Waals surface area contributed by atoms with Gasteiger partial charge in [0.15, 0.2) is 0 Å². The number of ether oxygens (including phenoxy) is 2. The molecule has 0 bridgehead atoms. The maximum atomic E-state index is 11.6.